The Morgan fingerprint density at radius 2 is 1.72 bits per heavy atom. The quantitative estimate of drug-likeness (QED) is 0.387. The largest absolute Gasteiger partial charge is 0.352 e. The van der Waals surface area contributed by atoms with Crippen LogP contribution in [0.25, 0.3) is 17.3 Å². The van der Waals surface area contributed by atoms with Gasteiger partial charge in [0.1, 0.15) is 5.82 Å². The Bertz CT molecular complexity index is 1150. The highest BCUT2D eigenvalue weighted by atomic mass is 35.5. The number of hydrogen-bond acceptors (Lipinski definition) is 3. The van der Waals surface area contributed by atoms with Crippen molar-refractivity contribution < 1.29 is 4.79 Å². The number of amides is 1. The van der Waals surface area contributed by atoms with E-state index in [9.17, 15) is 4.79 Å². The Hall–Kier alpha value is -3.44. The van der Waals surface area contributed by atoms with Crippen LogP contribution in [0.1, 0.15) is 17.0 Å². The Labute approximate surface area is 173 Å². The van der Waals surface area contributed by atoms with E-state index >= 15 is 0 Å². The first-order valence-electron chi connectivity index (χ1n) is 9.30. The molecule has 144 valence electrons. The first kappa shape index (κ1) is 18.9. The Kier molecular flexibility index (Phi) is 5.68. The lowest BCUT2D eigenvalue weighted by Gasteiger charge is -2.10. The Morgan fingerprint density at radius 1 is 0.966 bits per heavy atom. The number of pyridine rings is 1. The number of aromatic nitrogens is 3. The zero-order valence-corrected chi connectivity index (χ0v) is 16.4. The molecular formula is C23H19ClN4O. The van der Waals surface area contributed by atoms with E-state index in [0.717, 1.165) is 22.6 Å². The van der Waals surface area contributed by atoms with E-state index in [1.165, 1.54) is 0 Å². The molecule has 1 N–H and O–H groups in total. The first-order valence-corrected chi connectivity index (χ1v) is 9.68. The summed E-state index contributed by atoms with van der Waals surface area (Å²) in [6.07, 6.45) is 4.38. The molecule has 4 aromatic rings. The third-order valence-electron chi connectivity index (χ3n) is 4.53. The van der Waals surface area contributed by atoms with Crippen molar-refractivity contribution >= 4 is 34.8 Å². The van der Waals surface area contributed by atoms with Crippen LogP contribution in [0.4, 0.5) is 0 Å². The van der Waals surface area contributed by atoms with Crippen LogP contribution in [-0.4, -0.2) is 27.0 Å². The minimum absolute atomic E-state index is 0.148. The molecule has 2 aromatic carbocycles. The zero-order valence-electron chi connectivity index (χ0n) is 15.6. The number of hydrogen-bond donors (Lipinski definition) is 1. The molecule has 0 fully saturated rings. The highest BCUT2D eigenvalue weighted by molar-refractivity contribution is 6.31. The molecule has 0 aliphatic rings. The summed E-state index contributed by atoms with van der Waals surface area (Å²) < 4.78 is 1.92. The smallest absolute Gasteiger partial charge is 0.251 e. The monoisotopic (exact) mass is 402 g/mol. The summed E-state index contributed by atoms with van der Waals surface area (Å²) in [6, 6.07) is 22.8. The van der Waals surface area contributed by atoms with Crippen LogP contribution < -0.4 is 5.32 Å². The summed E-state index contributed by atoms with van der Waals surface area (Å²) in [5.74, 6) is 0.658. The van der Waals surface area contributed by atoms with Crippen LogP contribution in [0.3, 0.4) is 0 Å². The van der Waals surface area contributed by atoms with Gasteiger partial charge in [0.05, 0.1) is 0 Å². The number of carbonyl (C=O) groups excluding carboxylic acids is 1. The molecule has 5 nitrogen and oxygen atoms in total. The molecular weight excluding hydrogens is 384 g/mol. The molecule has 2 heterocycles. The van der Waals surface area contributed by atoms with Crippen molar-refractivity contribution in [2.45, 2.75) is 6.42 Å². The van der Waals surface area contributed by atoms with Crippen molar-refractivity contribution in [3.63, 3.8) is 0 Å². The second kappa shape index (κ2) is 8.71. The standard InChI is InChI=1S/C23H19ClN4O/c24-19-11-9-18(10-12-19)20(16-17-6-2-1-3-7-17)23(29)25-14-13-22-27-26-21-8-4-5-15-28(21)22/h1-12,15-16H,13-14H2,(H,25,29)/b20-16-. The molecule has 0 unspecified atom stereocenters. The van der Waals surface area contributed by atoms with Gasteiger partial charge in [-0.05, 0) is 41.5 Å². The van der Waals surface area contributed by atoms with E-state index in [2.05, 4.69) is 15.5 Å². The summed E-state index contributed by atoms with van der Waals surface area (Å²) in [6.45, 7) is 0.453. The summed E-state index contributed by atoms with van der Waals surface area (Å²) in [5.41, 5.74) is 3.14. The van der Waals surface area contributed by atoms with E-state index in [-0.39, 0.29) is 5.91 Å². The van der Waals surface area contributed by atoms with Gasteiger partial charge < -0.3 is 5.32 Å². The van der Waals surface area contributed by atoms with Gasteiger partial charge >= 0.3 is 0 Å². The topological polar surface area (TPSA) is 59.3 Å². The molecule has 29 heavy (non-hydrogen) atoms. The number of carbonyl (C=O) groups is 1. The number of benzene rings is 2. The van der Waals surface area contributed by atoms with Crippen molar-refractivity contribution in [3.8, 4) is 0 Å². The van der Waals surface area contributed by atoms with Crippen molar-refractivity contribution in [1.29, 1.82) is 0 Å². The Balaban J connectivity index is 1.52. The summed E-state index contributed by atoms with van der Waals surface area (Å²) in [4.78, 5) is 13.0. The van der Waals surface area contributed by atoms with Crippen molar-refractivity contribution in [2.75, 3.05) is 6.54 Å². The summed E-state index contributed by atoms with van der Waals surface area (Å²) >= 11 is 6.01. The van der Waals surface area contributed by atoms with Gasteiger partial charge in [-0.15, -0.1) is 10.2 Å². The van der Waals surface area contributed by atoms with Gasteiger partial charge in [-0.2, -0.15) is 0 Å². The predicted molar refractivity (Wildman–Crippen MR) is 115 cm³/mol. The van der Waals surface area contributed by atoms with E-state index < -0.39 is 0 Å². The molecule has 0 atom stereocenters. The second-order valence-electron chi connectivity index (χ2n) is 6.53. The zero-order chi connectivity index (χ0) is 20.1. The van der Waals surface area contributed by atoms with Gasteiger partial charge in [-0.1, -0.05) is 60.1 Å². The van der Waals surface area contributed by atoms with Crippen molar-refractivity contribution in [2.24, 2.45) is 0 Å². The fourth-order valence-electron chi connectivity index (χ4n) is 3.07. The fourth-order valence-corrected chi connectivity index (χ4v) is 3.20. The molecule has 6 heteroatoms. The molecule has 0 aliphatic heterocycles. The maximum Gasteiger partial charge on any atom is 0.251 e. The minimum Gasteiger partial charge on any atom is -0.352 e. The van der Waals surface area contributed by atoms with Crippen molar-refractivity contribution in [1.82, 2.24) is 19.9 Å². The molecule has 2 aromatic heterocycles. The van der Waals surface area contributed by atoms with Gasteiger partial charge in [-0.25, -0.2) is 0 Å². The average Bonchev–Trinajstić information content (AvgIpc) is 3.17. The molecule has 4 rings (SSSR count). The number of rotatable bonds is 6. The third kappa shape index (κ3) is 4.52. The fraction of sp³-hybridized carbons (Fsp3) is 0.0870. The molecule has 0 bridgehead atoms. The van der Waals surface area contributed by atoms with E-state index in [1.54, 1.807) is 12.1 Å². The molecule has 0 aliphatic carbocycles. The molecule has 0 saturated carbocycles. The van der Waals surface area contributed by atoms with E-state index in [4.69, 9.17) is 11.6 Å². The van der Waals surface area contributed by atoms with Gasteiger partial charge in [0.2, 0.25) is 0 Å². The van der Waals surface area contributed by atoms with Crippen LogP contribution in [0, 0.1) is 0 Å². The highest BCUT2D eigenvalue weighted by Gasteiger charge is 2.13. The van der Waals surface area contributed by atoms with Crippen LogP contribution >= 0.6 is 11.6 Å². The third-order valence-corrected chi connectivity index (χ3v) is 4.78. The maximum absolute atomic E-state index is 13.0. The van der Waals surface area contributed by atoms with Crippen LogP contribution in [0.2, 0.25) is 5.02 Å². The number of halogens is 1. The van der Waals surface area contributed by atoms with Crippen LogP contribution in [0.15, 0.2) is 79.0 Å². The lowest BCUT2D eigenvalue weighted by atomic mass is 10.0. The molecule has 0 spiro atoms. The van der Waals surface area contributed by atoms with Gasteiger partial charge in [0.15, 0.2) is 5.65 Å². The van der Waals surface area contributed by atoms with E-state index in [1.807, 2.05) is 77.3 Å². The van der Waals surface area contributed by atoms with Crippen LogP contribution in [0.5, 0.6) is 0 Å². The van der Waals surface area contributed by atoms with Gasteiger partial charge in [-0.3, -0.25) is 9.20 Å². The number of fused-ring (bicyclic) bond motifs is 1. The predicted octanol–water partition coefficient (Wildman–Crippen LogP) is 4.28. The summed E-state index contributed by atoms with van der Waals surface area (Å²) in [5, 5.41) is 12.0. The molecule has 1 amide bonds. The average molecular weight is 403 g/mol. The minimum atomic E-state index is -0.148. The normalized spacial score (nSPS) is 11.6. The highest BCUT2D eigenvalue weighted by Crippen LogP contribution is 2.21. The lowest BCUT2D eigenvalue weighted by molar-refractivity contribution is -0.115. The summed E-state index contributed by atoms with van der Waals surface area (Å²) in [7, 11) is 0. The van der Waals surface area contributed by atoms with Gasteiger partial charge in [0.25, 0.3) is 5.91 Å². The lowest BCUT2D eigenvalue weighted by Crippen LogP contribution is -2.27. The van der Waals surface area contributed by atoms with Crippen molar-refractivity contribution in [3.05, 3.63) is 101 Å². The van der Waals surface area contributed by atoms with Gasteiger partial charge in [0, 0.05) is 29.8 Å². The Morgan fingerprint density at radius 3 is 2.52 bits per heavy atom. The SMILES string of the molecule is O=C(NCCc1nnc2ccccn12)/C(=C\c1ccccc1)c1ccc(Cl)cc1. The molecule has 0 radical (unpaired) electrons. The second-order valence-corrected chi connectivity index (χ2v) is 6.96. The maximum atomic E-state index is 13.0. The first-order chi connectivity index (χ1) is 14.2. The number of nitrogens with one attached hydrogen (secondary N) is 1. The number of nitrogens with zero attached hydrogens (tertiary/aromatic N) is 3. The van der Waals surface area contributed by atoms with E-state index in [0.29, 0.717) is 23.6 Å². The van der Waals surface area contributed by atoms with Crippen LogP contribution in [-0.2, 0) is 11.2 Å². The molecule has 0 saturated heterocycles.